The van der Waals surface area contributed by atoms with E-state index in [9.17, 15) is 22.9 Å². The predicted octanol–water partition coefficient (Wildman–Crippen LogP) is 4.21. The van der Waals surface area contributed by atoms with Gasteiger partial charge in [-0.25, -0.2) is 13.5 Å². The number of ketones is 1. The van der Waals surface area contributed by atoms with Crippen LogP contribution in [0.25, 0.3) is 6.08 Å². The summed E-state index contributed by atoms with van der Waals surface area (Å²) in [6.45, 7) is 0.192. The van der Waals surface area contributed by atoms with E-state index in [-0.39, 0.29) is 28.4 Å². The SMILES string of the molecule is O=C(NCc1ccc(F)cc1)c1ccc2c(c1)C(=O)/C(=C\c1cccc(F)c1)[S+]([O-])N2. The van der Waals surface area contributed by atoms with Crippen molar-refractivity contribution in [3.63, 3.8) is 0 Å². The number of hydrogen-bond acceptors (Lipinski definition) is 4. The minimum absolute atomic E-state index is 0.0398. The summed E-state index contributed by atoms with van der Waals surface area (Å²) in [7, 11) is 0. The van der Waals surface area contributed by atoms with Gasteiger partial charge in [0.25, 0.3) is 5.91 Å². The van der Waals surface area contributed by atoms with Gasteiger partial charge in [-0.05, 0) is 53.6 Å². The van der Waals surface area contributed by atoms with Crippen LogP contribution < -0.4 is 10.0 Å². The van der Waals surface area contributed by atoms with Gasteiger partial charge in [0.05, 0.1) is 11.3 Å². The maximum Gasteiger partial charge on any atom is 0.251 e. The molecule has 31 heavy (non-hydrogen) atoms. The Balaban J connectivity index is 1.56. The first kappa shape index (κ1) is 20.8. The van der Waals surface area contributed by atoms with Crippen LogP contribution in [-0.2, 0) is 17.9 Å². The monoisotopic (exact) mass is 438 g/mol. The largest absolute Gasteiger partial charge is 0.588 e. The van der Waals surface area contributed by atoms with Crippen molar-refractivity contribution in [3.05, 3.63) is 106 Å². The van der Waals surface area contributed by atoms with Crippen LogP contribution in [0, 0.1) is 11.6 Å². The number of rotatable bonds is 4. The number of carbonyl (C=O) groups excluding carboxylic acids is 2. The Labute approximate surface area is 180 Å². The lowest BCUT2D eigenvalue weighted by molar-refractivity contribution is 0.0951. The second kappa shape index (κ2) is 8.71. The van der Waals surface area contributed by atoms with Crippen molar-refractivity contribution >= 4 is 34.8 Å². The summed E-state index contributed by atoms with van der Waals surface area (Å²) in [5.74, 6) is -1.76. The number of amides is 1. The van der Waals surface area contributed by atoms with Crippen molar-refractivity contribution < 1.29 is 22.9 Å². The smallest absolute Gasteiger partial charge is 0.251 e. The molecule has 1 atom stereocenters. The third-order valence-electron chi connectivity index (χ3n) is 4.67. The number of allylic oxidation sites excluding steroid dienone is 1. The topological polar surface area (TPSA) is 81.3 Å². The Morgan fingerprint density at radius 3 is 2.55 bits per heavy atom. The minimum atomic E-state index is -1.82. The molecule has 0 aliphatic carbocycles. The first-order chi connectivity index (χ1) is 14.9. The van der Waals surface area contributed by atoms with Crippen LogP contribution in [0.4, 0.5) is 14.5 Å². The Hall–Kier alpha value is -3.49. The van der Waals surface area contributed by atoms with E-state index in [0.29, 0.717) is 11.3 Å². The lowest BCUT2D eigenvalue weighted by Crippen LogP contribution is -2.28. The Morgan fingerprint density at radius 2 is 1.81 bits per heavy atom. The first-order valence-electron chi connectivity index (χ1n) is 9.28. The first-order valence-corrected chi connectivity index (χ1v) is 10.4. The van der Waals surface area contributed by atoms with Gasteiger partial charge in [-0.2, -0.15) is 0 Å². The van der Waals surface area contributed by atoms with E-state index in [1.54, 1.807) is 18.2 Å². The highest BCUT2D eigenvalue weighted by Gasteiger charge is 2.34. The molecule has 5 nitrogen and oxygen atoms in total. The second-order valence-electron chi connectivity index (χ2n) is 6.83. The van der Waals surface area contributed by atoms with Crippen LogP contribution in [0.2, 0.25) is 0 Å². The number of anilines is 1. The number of halogens is 2. The van der Waals surface area contributed by atoms with Crippen molar-refractivity contribution in [2.45, 2.75) is 6.54 Å². The van der Waals surface area contributed by atoms with Gasteiger partial charge in [-0.1, -0.05) is 24.3 Å². The summed E-state index contributed by atoms with van der Waals surface area (Å²) in [6, 6.07) is 15.8. The molecule has 1 heterocycles. The summed E-state index contributed by atoms with van der Waals surface area (Å²) in [5, 5.41) is 2.71. The van der Waals surface area contributed by atoms with Crippen LogP contribution in [0.3, 0.4) is 0 Å². The molecule has 1 unspecified atom stereocenters. The van der Waals surface area contributed by atoms with E-state index >= 15 is 0 Å². The molecule has 0 saturated carbocycles. The highest BCUT2D eigenvalue weighted by atomic mass is 32.2. The average molecular weight is 438 g/mol. The van der Waals surface area contributed by atoms with Gasteiger partial charge in [0.1, 0.15) is 23.0 Å². The zero-order valence-corrected chi connectivity index (χ0v) is 16.8. The molecule has 156 valence electrons. The molecule has 3 aromatic carbocycles. The van der Waals surface area contributed by atoms with Crippen molar-refractivity contribution in [1.29, 1.82) is 0 Å². The standard InChI is InChI=1S/C23H16F2N2O3S/c24-17-7-4-14(5-8-17)13-26-23(29)16-6-9-20-19(12-16)22(28)21(31(30)27-20)11-15-2-1-3-18(25)10-15/h1-12,27H,13H2,(H,26,29)/b21-11+. The normalized spacial score (nSPS) is 16.5. The molecule has 1 aliphatic heterocycles. The number of hydrogen-bond donors (Lipinski definition) is 2. The molecule has 0 saturated heterocycles. The molecular formula is C23H16F2N2O3S. The van der Waals surface area contributed by atoms with E-state index in [4.69, 9.17) is 0 Å². The number of Topliss-reactive ketones (excluding diaryl/α,β-unsaturated/α-hetero) is 1. The summed E-state index contributed by atoms with van der Waals surface area (Å²) in [4.78, 5) is 25.4. The maximum absolute atomic E-state index is 13.4. The Bertz CT molecular complexity index is 1200. The van der Waals surface area contributed by atoms with Crippen LogP contribution >= 0.6 is 0 Å². The Morgan fingerprint density at radius 1 is 1.03 bits per heavy atom. The molecular weight excluding hydrogens is 422 g/mol. The Kier molecular flexibility index (Phi) is 5.83. The van der Waals surface area contributed by atoms with Gasteiger partial charge in [0.2, 0.25) is 10.7 Å². The molecule has 3 aromatic rings. The lowest BCUT2D eigenvalue weighted by atomic mass is 10.0. The highest BCUT2D eigenvalue weighted by Crippen LogP contribution is 2.31. The quantitative estimate of drug-likeness (QED) is 0.472. The minimum Gasteiger partial charge on any atom is -0.588 e. The summed E-state index contributed by atoms with van der Waals surface area (Å²) in [5.41, 5.74) is 1.90. The highest BCUT2D eigenvalue weighted by molar-refractivity contribution is 7.97. The summed E-state index contributed by atoms with van der Waals surface area (Å²) >= 11 is -1.82. The maximum atomic E-state index is 13.4. The predicted molar refractivity (Wildman–Crippen MR) is 114 cm³/mol. The van der Waals surface area contributed by atoms with Crippen LogP contribution in [0.1, 0.15) is 31.8 Å². The van der Waals surface area contributed by atoms with Gasteiger partial charge < -0.3 is 9.87 Å². The fourth-order valence-electron chi connectivity index (χ4n) is 3.09. The molecule has 1 amide bonds. The van der Waals surface area contributed by atoms with Crippen molar-refractivity contribution in [2.24, 2.45) is 0 Å². The van der Waals surface area contributed by atoms with E-state index in [2.05, 4.69) is 10.0 Å². The van der Waals surface area contributed by atoms with Gasteiger partial charge in [-0.15, -0.1) is 0 Å². The van der Waals surface area contributed by atoms with E-state index in [0.717, 1.165) is 5.56 Å². The number of fused-ring (bicyclic) bond motifs is 1. The number of benzene rings is 3. The fraction of sp³-hybridized carbons (Fsp3) is 0.0435. The van der Waals surface area contributed by atoms with Crippen molar-refractivity contribution in [3.8, 4) is 0 Å². The fourth-order valence-corrected chi connectivity index (χ4v) is 4.10. The van der Waals surface area contributed by atoms with E-state index in [1.807, 2.05) is 0 Å². The summed E-state index contributed by atoms with van der Waals surface area (Å²) in [6.07, 6.45) is 1.36. The average Bonchev–Trinajstić information content (AvgIpc) is 2.76. The molecule has 4 rings (SSSR count). The van der Waals surface area contributed by atoms with Crippen molar-refractivity contribution in [1.82, 2.24) is 5.32 Å². The number of carbonyl (C=O) groups is 2. The van der Waals surface area contributed by atoms with Gasteiger partial charge in [-0.3, -0.25) is 9.59 Å². The molecule has 0 bridgehead atoms. The van der Waals surface area contributed by atoms with E-state index in [1.165, 1.54) is 54.6 Å². The molecule has 8 heteroatoms. The number of nitrogens with one attached hydrogen (secondary N) is 2. The molecule has 1 aliphatic rings. The van der Waals surface area contributed by atoms with Gasteiger partial charge in [0, 0.05) is 18.2 Å². The zero-order valence-electron chi connectivity index (χ0n) is 16.0. The van der Waals surface area contributed by atoms with Crippen LogP contribution in [0.15, 0.2) is 71.6 Å². The third kappa shape index (κ3) is 4.65. The lowest BCUT2D eigenvalue weighted by Gasteiger charge is -2.21. The molecule has 0 fully saturated rings. The molecule has 2 N–H and O–H groups in total. The van der Waals surface area contributed by atoms with Crippen LogP contribution in [0.5, 0.6) is 0 Å². The molecule has 0 radical (unpaired) electrons. The summed E-state index contributed by atoms with van der Waals surface area (Å²) < 4.78 is 41.6. The second-order valence-corrected chi connectivity index (χ2v) is 8.01. The van der Waals surface area contributed by atoms with Gasteiger partial charge >= 0.3 is 0 Å². The molecule has 0 spiro atoms. The van der Waals surface area contributed by atoms with Gasteiger partial charge in [0.15, 0.2) is 0 Å². The van der Waals surface area contributed by atoms with Crippen molar-refractivity contribution in [2.75, 3.05) is 4.72 Å². The third-order valence-corrected chi connectivity index (χ3v) is 5.77. The van der Waals surface area contributed by atoms with E-state index < -0.39 is 28.9 Å². The van der Waals surface area contributed by atoms with Crippen LogP contribution in [-0.4, -0.2) is 16.2 Å². The molecule has 0 aromatic heterocycles. The zero-order chi connectivity index (χ0) is 22.0.